The van der Waals surface area contributed by atoms with Crippen molar-refractivity contribution in [2.24, 2.45) is 0 Å². The van der Waals surface area contributed by atoms with Crippen molar-refractivity contribution < 1.29 is 4.79 Å². The minimum atomic E-state index is -0.0272. The van der Waals surface area contributed by atoms with Crippen LogP contribution in [0.2, 0.25) is 0 Å². The summed E-state index contributed by atoms with van der Waals surface area (Å²) in [7, 11) is 0. The number of anilines is 1. The van der Waals surface area contributed by atoms with E-state index in [-0.39, 0.29) is 5.91 Å². The highest BCUT2D eigenvalue weighted by atomic mass is 32.2. The largest absolute Gasteiger partial charge is 0.326 e. The summed E-state index contributed by atoms with van der Waals surface area (Å²) in [6.07, 6.45) is 2.54. The van der Waals surface area contributed by atoms with Crippen LogP contribution < -0.4 is 10.6 Å². The molecule has 1 aliphatic rings. The van der Waals surface area contributed by atoms with Gasteiger partial charge in [0.25, 0.3) is 0 Å². The zero-order chi connectivity index (χ0) is 12.8. The summed E-state index contributed by atoms with van der Waals surface area (Å²) in [5.74, 6) is 2.53. The van der Waals surface area contributed by atoms with E-state index in [0.717, 1.165) is 12.2 Å². The Labute approximate surface area is 113 Å². The highest BCUT2D eigenvalue weighted by Gasteiger charge is 2.12. The van der Waals surface area contributed by atoms with Crippen LogP contribution in [0.3, 0.4) is 0 Å². The molecule has 1 amide bonds. The summed E-state index contributed by atoms with van der Waals surface area (Å²) in [4.78, 5) is 10.9. The molecule has 0 aromatic heterocycles. The number of hydrogen-bond acceptors (Lipinski definition) is 3. The summed E-state index contributed by atoms with van der Waals surface area (Å²) in [5.41, 5.74) is 2.13. The average Bonchev–Trinajstić information content (AvgIpc) is 2.38. The quantitative estimate of drug-likeness (QED) is 0.878. The Morgan fingerprint density at radius 1 is 1.28 bits per heavy atom. The van der Waals surface area contributed by atoms with Crippen molar-refractivity contribution >= 4 is 23.4 Å². The highest BCUT2D eigenvalue weighted by Crippen LogP contribution is 2.17. The number of amides is 1. The Morgan fingerprint density at radius 3 is 2.56 bits per heavy atom. The molecular formula is C14H20N2OS. The van der Waals surface area contributed by atoms with Crippen molar-refractivity contribution in [2.45, 2.75) is 32.4 Å². The minimum Gasteiger partial charge on any atom is -0.326 e. The summed E-state index contributed by atoms with van der Waals surface area (Å²) >= 11 is 2.05. The molecule has 3 nitrogen and oxygen atoms in total. The van der Waals surface area contributed by atoms with Gasteiger partial charge in [-0.05, 0) is 42.0 Å². The fraction of sp³-hybridized carbons (Fsp3) is 0.500. The summed E-state index contributed by atoms with van der Waals surface area (Å²) in [5, 5.41) is 6.37. The lowest BCUT2D eigenvalue weighted by Gasteiger charge is -2.22. The predicted octanol–water partition coefficient (Wildman–Crippen LogP) is 2.63. The number of hydrogen-bond donors (Lipinski definition) is 2. The SMILES string of the molecule is CC(=O)Nc1ccc(CNC2CCSCC2)cc1. The van der Waals surface area contributed by atoms with Crippen LogP contribution in [0, 0.1) is 0 Å². The molecule has 1 saturated heterocycles. The van der Waals surface area contributed by atoms with E-state index in [9.17, 15) is 4.79 Å². The molecule has 0 spiro atoms. The average molecular weight is 264 g/mol. The molecule has 1 fully saturated rings. The lowest BCUT2D eigenvalue weighted by Crippen LogP contribution is -2.31. The maximum absolute atomic E-state index is 10.9. The topological polar surface area (TPSA) is 41.1 Å². The third kappa shape index (κ3) is 4.35. The third-order valence-corrected chi connectivity index (χ3v) is 4.14. The molecule has 2 rings (SSSR count). The van der Waals surface area contributed by atoms with Crippen LogP contribution in [-0.2, 0) is 11.3 Å². The summed E-state index contributed by atoms with van der Waals surface area (Å²) in [6, 6.07) is 8.71. The van der Waals surface area contributed by atoms with Gasteiger partial charge in [0.1, 0.15) is 0 Å². The number of carbonyl (C=O) groups excluding carboxylic acids is 1. The van der Waals surface area contributed by atoms with Crippen LogP contribution in [0.5, 0.6) is 0 Å². The Morgan fingerprint density at radius 2 is 1.94 bits per heavy atom. The number of rotatable bonds is 4. The summed E-state index contributed by atoms with van der Waals surface area (Å²) in [6.45, 7) is 2.44. The lowest BCUT2D eigenvalue weighted by atomic mass is 10.1. The second-order valence-corrected chi connectivity index (χ2v) is 5.87. The van der Waals surface area contributed by atoms with Gasteiger partial charge in [-0.15, -0.1) is 0 Å². The molecule has 0 aliphatic carbocycles. The number of carbonyl (C=O) groups is 1. The highest BCUT2D eigenvalue weighted by molar-refractivity contribution is 7.99. The van der Waals surface area contributed by atoms with Crippen molar-refractivity contribution in [3.8, 4) is 0 Å². The zero-order valence-corrected chi connectivity index (χ0v) is 11.6. The molecule has 1 aromatic rings. The molecule has 1 heterocycles. The first-order chi connectivity index (χ1) is 8.74. The molecule has 0 radical (unpaired) electrons. The van der Waals surface area contributed by atoms with E-state index in [1.165, 1.54) is 36.8 Å². The van der Waals surface area contributed by atoms with Gasteiger partial charge in [-0.25, -0.2) is 0 Å². The van der Waals surface area contributed by atoms with E-state index in [1.807, 2.05) is 23.9 Å². The normalized spacial score (nSPS) is 16.5. The Kier molecular flexibility index (Phi) is 5.08. The number of nitrogens with one attached hydrogen (secondary N) is 2. The number of benzene rings is 1. The van der Waals surface area contributed by atoms with Crippen LogP contribution in [0.4, 0.5) is 5.69 Å². The monoisotopic (exact) mass is 264 g/mol. The van der Waals surface area contributed by atoms with Crippen LogP contribution in [0.25, 0.3) is 0 Å². The van der Waals surface area contributed by atoms with Crippen molar-refractivity contribution in [2.75, 3.05) is 16.8 Å². The van der Waals surface area contributed by atoms with Gasteiger partial charge < -0.3 is 10.6 Å². The lowest BCUT2D eigenvalue weighted by molar-refractivity contribution is -0.114. The van der Waals surface area contributed by atoms with Crippen molar-refractivity contribution in [1.29, 1.82) is 0 Å². The van der Waals surface area contributed by atoms with Gasteiger partial charge in [0, 0.05) is 25.2 Å². The maximum Gasteiger partial charge on any atom is 0.221 e. The van der Waals surface area contributed by atoms with Gasteiger partial charge in [0.05, 0.1) is 0 Å². The Hall–Kier alpha value is -1.00. The second kappa shape index (κ2) is 6.81. The Balaban J connectivity index is 1.80. The maximum atomic E-state index is 10.9. The van der Waals surface area contributed by atoms with Crippen LogP contribution >= 0.6 is 11.8 Å². The molecule has 98 valence electrons. The van der Waals surface area contributed by atoms with E-state index < -0.39 is 0 Å². The van der Waals surface area contributed by atoms with E-state index in [1.54, 1.807) is 0 Å². The van der Waals surface area contributed by atoms with E-state index in [4.69, 9.17) is 0 Å². The van der Waals surface area contributed by atoms with Gasteiger partial charge in [-0.2, -0.15) is 11.8 Å². The smallest absolute Gasteiger partial charge is 0.221 e. The third-order valence-electron chi connectivity index (χ3n) is 3.09. The van der Waals surface area contributed by atoms with Crippen molar-refractivity contribution in [3.05, 3.63) is 29.8 Å². The van der Waals surface area contributed by atoms with Gasteiger partial charge in [-0.3, -0.25) is 4.79 Å². The molecule has 18 heavy (non-hydrogen) atoms. The fourth-order valence-electron chi connectivity index (χ4n) is 2.07. The molecule has 0 saturated carbocycles. The van der Waals surface area contributed by atoms with Crippen LogP contribution in [-0.4, -0.2) is 23.5 Å². The number of thioether (sulfide) groups is 1. The van der Waals surface area contributed by atoms with E-state index in [2.05, 4.69) is 22.8 Å². The first-order valence-electron chi connectivity index (χ1n) is 6.42. The second-order valence-electron chi connectivity index (χ2n) is 4.65. The molecule has 1 aromatic carbocycles. The standard InChI is InChI=1S/C14H20N2OS/c1-11(17)16-14-4-2-12(3-5-14)10-15-13-6-8-18-9-7-13/h2-5,13,15H,6-10H2,1H3,(H,16,17). The summed E-state index contributed by atoms with van der Waals surface area (Å²) < 4.78 is 0. The molecular weight excluding hydrogens is 244 g/mol. The fourth-order valence-corrected chi connectivity index (χ4v) is 3.18. The first-order valence-corrected chi connectivity index (χ1v) is 7.57. The molecule has 0 unspecified atom stereocenters. The molecule has 1 aliphatic heterocycles. The Bertz CT molecular complexity index is 385. The van der Waals surface area contributed by atoms with E-state index >= 15 is 0 Å². The van der Waals surface area contributed by atoms with Gasteiger partial charge in [0.2, 0.25) is 5.91 Å². The zero-order valence-electron chi connectivity index (χ0n) is 10.7. The first kappa shape index (κ1) is 13.4. The molecule has 4 heteroatoms. The molecule has 0 atom stereocenters. The van der Waals surface area contributed by atoms with Crippen LogP contribution in [0.1, 0.15) is 25.3 Å². The van der Waals surface area contributed by atoms with Gasteiger partial charge >= 0.3 is 0 Å². The van der Waals surface area contributed by atoms with Gasteiger partial charge in [0.15, 0.2) is 0 Å². The molecule has 0 bridgehead atoms. The van der Waals surface area contributed by atoms with Crippen molar-refractivity contribution in [1.82, 2.24) is 5.32 Å². The van der Waals surface area contributed by atoms with Crippen LogP contribution in [0.15, 0.2) is 24.3 Å². The minimum absolute atomic E-state index is 0.0272. The molecule has 2 N–H and O–H groups in total. The van der Waals surface area contributed by atoms with E-state index in [0.29, 0.717) is 6.04 Å². The van der Waals surface area contributed by atoms with Crippen molar-refractivity contribution in [3.63, 3.8) is 0 Å². The van der Waals surface area contributed by atoms with Gasteiger partial charge in [-0.1, -0.05) is 12.1 Å². The predicted molar refractivity (Wildman–Crippen MR) is 77.9 cm³/mol.